The van der Waals surface area contributed by atoms with Crippen LogP contribution in [-0.2, 0) is 30.5 Å². The number of carboxylic acid groups (broad SMARTS) is 1. The summed E-state index contributed by atoms with van der Waals surface area (Å²) in [5.41, 5.74) is 6.08. The largest absolute Gasteiger partial charge is 0.502 e. The molecule has 49 heavy (non-hydrogen) atoms. The van der Waals surface area contributed by atoms with Gasteiger partial charge in [0, 0.05) is 36.6 Å². The van der Waals surface area contributed by atoms with E-state index in [-0.39, 0.29) is 24.4 Å². The predicted molar refractivity (Wildman–Crippen MR) is 184 cm³/mol. The van der Waals surface area contributed by atoms with Crippen molar-refractivity contribution in [1.82, 2.24) is 4.90 Å². The maximum Gasteiger partial charge on any atom is 0.359 e. The van der Waals surface area contributed by atoms with Gasteiger partial charge in [-0.2, -0.15) is 0 Å². The van der Waals surface area contributed by atoms with Gasteiger partial charge in [0.1, 0.15) is 11.8 Å². The molecule has 4 aromatic carbocycles. The van der Waals surface area contributed by atoms with Crippen molar-refractivity contribution in [2.24, 2.45) is 0 Å². The molecule has 10 heteroatoms. The van der Waals surface area contributed by atoms with E-state index >= 15 is 0 Å². The summed E-state index contributed by atoms with van der Waals surface area (Å²) in [6.07, 6.45) is 2.63. The lowest BCUT2D eigenvalue weighted by atomic mass is 9.86. The number of ether oxygens (including phenoxy) is 5. The van der Waals surface area contributed by atoms with Crippen LogP contribution in [-0.4, -0.2) is 80.6 Å². The van der Waals surface area contributed by atoms with Gasteiger partial charge in [-0.25, -0.2) is 4.79 Å². The van der Waals surface area contributed by atoms with Crippen molar-refractivity contribution in [2.45, 2.75) is 37.8 Å². The van der Waals surface area contributed by atoms with Crippen molar-refractivity contribution in [2.75, 3.05) is 55.1 Å². The molecule has 2 N–H and O–H groups in total. The molecule has 0 amide bonds. The highest BCUT2D eigenvalue weighted by atomic mass is 16.5. The molecule has 8 rings (SSSR count). The Bertz CT molecular complexity index is 1910. The predicted octanol–water partition coefficient (Wildman–Crippen LogP) is 6.46. The molecule has 0 saturated heterocycles. The molecule has 0 radical (unpaired) electrons. The lowest BCUT2D eigenvalue weighted by Crippen LogP contribution is -2.54. The Kier molecular flexibility index (Phi) is 8.54. The van der Waals surface area contributed by atoms with Crippen LogP contribution in [0.3, 0.4) is 0 Å². The van der Waals surface area contributed by atoms with Crippen molar-refractivity contribution in [3.63, 3.8) is 0 Å². The van der Waals surface area contributed by atoms with Crippen molar-refractivity contribution < 1.29 is 43.2 Å². The Morgan fingerprint density at radius 2 is 1.55 bits per heavy atom. The molecule has 10 nitrogen and oxygen atoms in total. The lowest BCUT2D eigenvalue weighted by Gasteiger charge is -2.45. The third-order valence-electron chi connectivity index (χ3n) is 10.5. The second kappa shape index (κ2) is 12.8. The highest BCUT2D eigenvalue weighted by Crippen LogP contribution is 2.52. The molecule has 4 heterocycles. The number of aromatic hydroxyl groups is 1. The van der Waals surface area contributed by atoms with Gasteiger partial charge < -0.3 is 38.4 Å². The van der Waals surface area contributed by atoms with E-state index in [0.29, 0.717) is 70.5 Å². The number of hydrogen-bond donors (Lipinski definition) is 2. The monoisotopic (exact) mass is 667 g/mol. The molecule has 0 aromatic heterocycles. The molecule has 4 aliphatic heterocycles. The molecule has 0 fully saturated rings. The summed E-state index contributed by atoms with van der Waals surface area (Å²) in [4.78, 5) is 14.5. The van der Waals surface area contributed by atoms with Crippen LogP contribution in [0.15, 0.2) is 60.7 Å². The zero-order chi connectivity index (χ0) is 34.4. The van der Waals surface area contributed by atoms with E-state index in [9.17, 15) is 15.0 Å². The fourth-order valence-electron chi connectivity index (χ4n) is 7.84. The number of fused-ring (bicyclic) bond motifs is 2. The number of carbonyl (C=O) groups is 1. The van der Waals surface area contributed by atoms with E-state index in [1.54, 1.807) is 14.2 Å². The molecule has 3 atom stereocenters. The summed E-state index contributed by atoms with van der Waals surface area (Å²) < 4.78 is 30.8. The summed E-state index contributed by atoms with van der Waals surface area (Å²) >= 11 is 0. The molecular weight excluding hydrogens is 624 g/mol. The number of aliphatic carboxylic acids is 1. The highest BCUT2D eigenvalue weighted by Gasteiger charge is 2.42. The first-order valence-electron chi connectivity index (χ1n) is 16.6. The first-order chi connectivity index (χ1) is 23.6. The quantitative estimate of drug-likeness (QED) is 0.232. The number of carboxylic acids is 1. The second-order valence-corrected chi connectivity index (χ2v) is 13.5. The average Bonchev–Trinajstić information content (AvgIpc) is 3.08. The first kappa shape index (κ1) is 32.6. The van der Waals surface area contributed by atoms with Crippen LogP contribution in [0.4, 0.5) is 0 Å². The first-order valence-corrected chi connectivity index (χ1v) is 16.6. The third-order valence-corrected chi connectivity index (χ3v) is 10.5. The van der Waals surface area contributed by atoms with Crippen LogP contribution >= 0.6 is 0 Å². The summed E-state index contributed by atoms with van der Waals surface area (Å²) in [7, 11) is 8.87. The van der Waals surface area contributed by atoms with Crippen LogP contribution in [0.2, 0.25) is 0 Å². The zero-order valence-corrected chi connectivity index (χ0v) is 28.6. The van der Waals surface area contributed by atoms with Crippen LogP contribution in [0.5, 0.6) is 46.0 Å². The molecule has 4 aliphatic rings. The normalized spacial score (nSPS) is 21.3. The minimum absolute atomic E-state index is 0.0259. The standard InChI is InChI=1S/C39H42N2O8/c1-40-14-12-26-20-35(47-5)38(44)39-37(26)29(40)16-24-8-11-31(45-3)33(18-24)48-27-9-6-23(7-10-27)17-30-28-21-34(49-39)32(46-4)19-25(28)13-15-41(30,2)22-36(42)43/h6-11,18-21,29-30H,12-17,22H2,1-5H3,(H-,42,43,44)/p+1. The van der Waals surface area contributed by atoms with Crippen molar-refractivity contribution >= 4 is 5.97 Å². The van der Waals surface area contributed by atoms with Gasteiger partial charge in [0.05, 0.1) is 34.9 Å². The second-order valence-electron chi connectivity index (χ2n) is 13.5. The lowest BCUT2D eigenvalue weighted by molar-refractivity contribution is -0.934. The van der Waals surface area contributed by atoms with Gasteiger partial charge >= 0.3 is 5.97 Å². The summed E-state index contributed by atoms with van der Waals surface area (Å²) in [5, 5.41) is 21.7. The number of benzene rings is 4. The SMILES string of the molecule is COc1ccc2cc1Oc1ccc(cc1)CC1c3cc(c(OC)cc3CC[N+]1(C)CC(=O)O)Oc1c(O)c(OC)cc3c1C(C2)N(C)CC3. The van der Waals surface area contributed by atoms with Crippen LogP contribution in [0.1, 0.15) is 45.5 Å². The number of methoxy groups -OCH3 is 3. The molecule has 0 spiro atoms. The van der Waals surface area contributed by atoms with Gasteiger partial charge in [-0.1, -0.05) is 18.2 Å². The maximum absolute atomic E-state index is 12.2. The van der Waals surface area contributed by atoms with Gasteiger partial charge in [-0.15, -0.1) is 0 Å². The van der Waals surface area contributed by atoms with Crippen LogP contribution in [0, 0.1) is 0 Å². The number of phenolic OH excluding ortho intramolecular Hbond substituents is 1. The Hall–Kier alpha value is -4.93. The number of rotatable bonds is 5. The van der Waals surface area contributed by atoms with E-state index < -0.39 is 5.97 Å². The van der Waals surface area contributed by atoms with E-state index in [2.05, 4.69) is 11.9 Å². The molecule has 0 saturated carbocycles. The Morgan fingerprint density at radius 3 is 2.27 bits per heavy atom. The summed E-state index contributed by atoms with van der Waals surface area (Å²) in [6, 6.07) is 19.5. The molecule has 4 aromatic rings. The Morgan fingerprint density at radius 1 is 0.857 bits per heavy atom. The third kappa shape index (κ3) is 6.00. The van der Waals surface area contributed by atoms with Gasteiger partial charge in [-0.05, 0) is 84.6 Å². The molecular formula is C39H43N2O8+. The molecule has 6 bridgehead atoms. The van der Waals surface area contributed by atoms with E-state index in [4.69, 9.17) is 23.7 Å². The number of nitrogens with zero attached hydrogens (tertiary/aromatic N) is 2. The molecule has 256 valence electrons. The van der Waals surface area contributed by atoms with E-state index in [1.807, 2.05) is 67.7 Å². The van der Waals surface area contributed by atoms with E-state index in [0.717, 1.165) is 46.3 Å². The van der Waals surface area contributed by atoms with Gasteiger partial charge in [0.15, 0.2) is 41.0 Å². The molecule has 3 unspecified atom stereocenters. The van der Waals surface area contributed by atoms with Crippen molar-refractivity contribution in [3.05, 3.63) is 94.0 Å². The fourth-order valence-corrected chi connectivity index (χ4v) is 7.84. The zero-order valence-electron chi connectivity index (χ0n) is 28.6. The smallest absolute Gasteiger partial charge is 0.359 e. The molecule has 0 aliphatic carbocycles. The fraction of sp³-hybridized carbons (Fsp3) is 0.359. The van der Waals surface area contributed by atoms with Gasteiger partial charge in [0.2, 0.25) is 5.75 Å². The van der Waals surface area contributed by atoms with Crippen molar-refractivity contribution in [3.8, 4) is 46.0 Å². The number of phenols is 1. The summed E-state index contributed by atoms with van der Waals surface area (Å²) in [6.45, 7) is 1.44. The Labute approximate surface area is 286 Å². The van der Waals surface area contributed by atoms with E-state index in [1.165, 1.54) is 7.11 Å². The Balaban J connectivity index is 1.47. The minimum Gasteiger partial charge on any atom is -0.502 e. The minimum atomic E-state index is -0.849. The number of quaternary nitrogens is 1. The maximum atomic E-state index is 12.2. The van der Waals surface area contributed by atoms with Crippen LogP contribution < -0.4 is 23.7 Å². The highest BCUT2D eigenvalue weighted by molar-refractivity contribution is 5.68. The number of likely N-dealkylation sites (N-methyl/N-ethyl adjacent to an activating group) is 2. The van der Waals surface area contributed by atoms with Gasteiger partial charge in [-0.3, -0.25) is 4.90 Å². The number of hydrogen-bond acceptors (Lipinski definition) is 8. The van der Waals surface area contributed by atoms with Crippen LogP contribution in [0.25, 0.3) is 0 Å². The topological polar surface area (TPSA) is 107 Å². The summed E-state index contributed by atoms with van der Waals surface area (Å²) in [5.74, 6) is 2.60. The van der Waals surface area contributed by atoms with Crippen molar-refractivity contribution in [1.29, 1.82) is 0 Å². The van der Waals surface area contributed by atoms with Gasteiger partial charge in [0.25, 0.3) is 0 Å². The average molecular weight is 668 g/mol.